The Morgan fingerprint density at radius 1 is 0.970 bits per heavy atom. The number of benzene rings is 2. The Hall–Kier alpha value is -2.95. The van der Waals surface area contributed by atoms with Crippen molar-refractivity contribution in [2.24, 2.45) is 21.4 Å². The first kappa shape index (κ1) is 23.2. The van der Waals surface area contributed by atoms with Crippen molar-refractivity contribution < 1.29 is 14.4 Å². The van der Waals surface area contributed by atoms with Crippen molar-refractivity contribution in [1.82, 2.24) is 0 Å². The Labute approximate surface area is 196 Å². The van der Waals surface area contributed by atoms with Crippen molar-refractivity contribution in [1.29, 1.82) is 0 Å². The SMILES string of the molecule is Cc1ccc(C(=O)ON=C2CC3(C(=O)Nc4ccc(C(C)C)cc4)CCC2(C)C3(C)C)cc1. The van der Waals surface area contributed by atoms with Crippen molar-refractivity contribution in [2.45, 2.75) is 66.7 Å². The molecular formula is C28H34N2O3. The average molecular weight is 447 g/mol. The fourth-order valence-corrected chi connectivity index (χ4v) is 5.56. The molecule has 1 N–H and O–H groups in total. The Balaban J connectivity index is 1.55. The summed E-state index contributed by atoms with van der Waals surface area (Å²) in [5.74, 6) is -0.0157. The Morgan fingerprint density at radius 2 is 1.61 bits per heavy atom. The van der Waals surface area contributed by atoms with E-state index in [4.69, 9.17) is 4.84 Å². The Kier molecular flexibility index (Phi) is 5.71. The average Bonchev–Trinajstić information content (AvgIpc) is 3.09. The maximum Gasteiger partial charge on any atom is 0.365 e. The summed E-state index contributed by atoms with van der Waals surface area (Å²) in [7, 11) is 0. The van der Waals surface area contributed by atoms with Crippen molar-refractivity contribution in [3.63, 3.8) is 0 Å². The second-order valence-electron chi connectivity index (χ2n) is 10.7. The number of nitrogens with one attached hydrogen (secondary N) is 1. The number of fused-ring (bicyclic) bond motifs is 2. The lowest BCUT2D eigenvalue weighted by atomic mass is 9.64. The van der Waals surface area contributed by atoms with Gasteiger partial charge in [0, 0.05) is 17.5 Å². The van der Waals surface area contributed by atoms with E-state index < -0.39 is 11.4 Å². The minimum absolute atomic E-state index is 0.0172. The van der Waals surface area contributed by atoms with E-state index in [1.54, 1.807) is 12.1 Å². The van der Waals surface area contributed by atoms with Crippen LogP contribution in [0.4, 0.5) is 5.69 Å². The molecule has 2 fully saturated rings. The van der Waals surface area contributed by atoms with Crippen LogP contribution in [0.3, 0.4) is 0 Å². The largest absolute Gasteiger partial charge is 0.365 e. The molecule has 2 saturated carbocycles. The Bertz CT molecular complexity index is 1100. The van der Waals surface area contributed by atoms with E-state index in [0.29, 0.717) is 17.9 Å². The van der Waals surface area contributed by atoms with E-state index in [0.717, 1.165) is 29.8 Å². The molecule has 0 heterocycles. The highest BCUT2D eigenvalue weighted by molar-refractivity contribution is 6.06. The van der Waals surface area contributed by atoms with Crippen LogP contribution in [0.25, 0.3) is 0 Å². The molecular weight excluding hydrogens is 412 g/mol. The molecule has 174 valence electrons. The molecule has 5 nitrogen and oxygen atoms in total. The van der Waals surface area contributed by atoms with Gasteiger partial charge in [-0.05, 0) is 60.9 Å². The maximum absolute atomic E-state index is 13.6. The van der Waals surface area contributed by atoms with E-state index >= 15 is 0 Å². The van der Waals surface area contributed by atoms with Crippen molar-refractivity contribution >= 4 is 23.3 Å². The summed E-state index contributed by atoms with van der Waals surface area (Å²) >= 11 is 0. The van der Waals surface area contributed by atoms with Gasteiger partial charge in [0.1, 0.15) is 0 Å². The maximum atomic E-state index is 13.6. The second-order valence-corrected chi connectivity index (χ2v) is 10.7. The molecule has 2 aromatic rings. The van der Waals surface area contributed by atoms with Crippen LogP contribution in [0.2, 0.25) is 0 Å². The van der Waals surface area contributed by atoms with Gasteiger partial charge in [0.05, 0.1) is 16.7 Å². The molecule has 0 radical (unpaired) electrons. The molecule has 2 atom stereocenters. The molecule has 2 aliphatic rings. The molecule has 0 aromatic heterocycles. The van der Waals surface area contributed by atoms with Crippen LogP contribution in [0, 0.1) is 23.2 Å². The van der Waals surface area contributed by atoms with Gasteiger partial charge in [-0.25, -0.2) is 4.79 Å². The summed E-state index contributed by atoms with van der Waals surface area (Å²) in [5.41, 5.74) is 3.17. The van der Waals surface area contributed by atoms with E-state index in [9.17, 15) is 9.59 Å². The predicted molar refractivity (Wildman–Crippen MR) is 131 cm³/mol. The van der Waals surface area contributed by atoms with Gasteiger partial charge < -0.3 is 10.2 Å². The summed E-state index contributed by atoms with van der Waals surface area (Å²) < 4.78 is 0. The highest BCUT2D eigenvalue weighted by Crippen LogP contribution is 2.71. The highest BCUT2D eigenvalue weighted by Gasteiger charge is 2.71. The van der Waals surface area contributed by atoms with Gasteiger partial charge in [-0.3, -0.25) is 4.79 Å². The van der Waals surface area contributed by atoms with Gasteiger partial charge in [0.2, 0.25) is 5.91 Å². The zero-order valence-electron chi connectivity index (χ0n) is 20.5. The number of carbonyl (C=O) groups excluding carboxylic acids is 2. The molecule has 2 aromatic carbocycles. The summed E-state index contributed by atoms with van der Waals surface area (Å²) in [6, 6.07) is 15.3. The van der Waals surface area contributed by atoms with Crippen LogP contribution in [0.15, 0.2) is 53.7 Å². The third-order valence-electron chi connectivity index (χ3n) is 8.53. The molecule has 2 bridgehead atoms. The van der Waals surface area contributed by atoms with Gasteiger partial charge in [-0.1, -0.05) is 69.6 Å². The smallest absolute Gasteiger partial charge is 0.326 e. The second kappa shape index (κ2) is 8.12. The lowest BCUT2D eigenvalue weighted by Crippen LogP contribution is -2.43. The normalized spacial score (nSPS) is 26.6. The number of hydrogen-bond donors (Lipinski definition) is 1. The number of anilines is 1. The number of oxime groups is 1. The van der Waals surface area contributed by atoms with E-state index in [1.807, 2.05) is 31.2 Å². The third-order valence-corrected chi connectivity index (χ3v) is 8.53. The van der Waals surface area contributed by atoms with Crippen molar-refractivity contribution in [2.75, 3.05) is 5.32 Å². The molecule has 2 aliphatic carbocycles. The number of carbonyl (C=O) groups is 2. The molecule has 4 rings (SSSR count). The van der Waals surface area contributed by atoms with Gasteiger partial charge >= 0.3 is 5.97 Å². The lowest BCUT2D eigenvalue weighted by molar-refractivity contribution is -0.130. The fourth-order valence-electron chi connectivity index (χ4n) is 5.56. The van der Waals surface area contributed by atoms with Gasteiger partial charge in [-0.2, -0.15) is 0 Å². The Morgan fingerprint density at radius 3 is 2.21 bits per heavy atom. The van der Waals surface area contributed by atoms with Crippen LogP contribution < -0.4 is 5.32 Å². The molecule has 2 unspecified atom stereocenters. The van der Waals surface area contributed by atoms with Crippen molar-refractivity contribution in [3.05, 3.63) is 65.2 Å². The molecule has 0 spiro atoms. The minimum atomic E-state index is -0.590. The summed E-state index contributed by atoms with van der Waals surface area (Å²) in [4.78, 5) is 31.5. The van der Waals surface area contributed by atoms with Crippen LogP contribution >= 0.6 is 0 Å². The molecule has 5 heteroatoms. The number of nitrogens with zero attached hydrogens (tertiary/aromatic N) is 1. The molecule has 33 heavy (non-hydrogen) atoms. The van der Waals surface area contributed by atoms with Gasteiger partial charge in [-0.15, -0.1) is 0 Å². The summed E-state index contributed by atoms with van der Waals surface area (Å²) in [5, 5.41) is 7.48. The van der Waals surface area contributed by atoms with E-state index in [2.05, 4.69) is 57.2 Å². The quantitative estimate of drug-likeness (QED) is 0.422. The van der Waals surface area contributed by atoms with E-state index in [1.165, 1.54) is 5.56 Å². The standard InChI is InChI=1S/C28H34N2O3/c1-18(2)20-11-13-22(14-12-20)29-25(32)28-16-15-27(6,26(28,4)5)23(17-28)30-33-24(31)21-9-7-19(3)8-10-21/h7-14,18H,15-17H2,1-6H3,(H,29,32). The summed E-state index contributed by atoms with van der Waals surface area (Å²) in [6.45, 7) is 12.7. The third kappa shape index (κ3) is 3.68. The molecule has 1 amide bonds. The zero-order valence-corrected chi connectivity index (χ0v) is 20.5. The van der Waals surface area contributed by atoms with Crippen LogP contribution in [-0.4, -0.2) is 17.6 Å². The number of rotatable bonds is 5. The number of hydrogen-bond acceptors (Lipinski definition) is 4. The monoisotopic (exact) mass is 446 g/mol. The van der Waals surface area contributed by atoms with Crippen LogP contribution in [-0.2, 0) is 9.63 Å². The first-order valence-electron chi connectivity index (χ1n) is 11.8. The first-order valence-corrected chi connectivity index (χ1v) is 11.8. The first-order chi connectivity index (χ1) is 15.5. The predicted octanol–water partition coefficient (Wildman–Crippen LogP) is 6.49. The number of aryl methyl sites for hydroxylation is 1. The molecule has 0 aliphatic heterocycles. The van der Waals surface area contributed by atoms with Gasteiger partial charge in [0.15, 0.2) is 0 Å². The zero-order chi connectivity index (χ0) is 24.0. The van der Waals surface area contributed by atoms with Gasteiger partial charge in [0.25, 0.3) is 0 Å². The highest BCUT2D eigenvalue weighted by atomic mass is 16.7. The van der Waals surface area contributed by atoms with Crippen LogP contribution in [0.5, 0.6) is 0 Å². The fraction of sp³-hybridized carbons (Fsp3) is 0.464. The minimum Gasteiger partial charge on any atom is -0.326 e. The van der Waals surface area contributed by atoms with Crippen LogP contribution in [0.1, 0.15) is 81.3 Å². The molecule has 0 saturated heterocycles. The van der Waals surface area contributed by atoms with Crippen molar-refractivity contribution in [3.8, 4) is 0 Å². The van der Waals surface area contributed by atoms with E-state index in [-0.39, 0.29) is 16.7 Å². The lowest BCUT2D eigenvalue weighted by Gasteiger charge is -2.39. The topological polar surface area (TPSA) is 67.8 Å². The number of amides is 1. The summed E-state index contributed by atoms with van der Waals surface area (Å²) in [6.07, 6.45) is 2.12.